The fraction of sp³-hybridized carbons (Fsp3) is 0.571. The van der Waals surface area contributed by atoms with Gasteiger partial charge in [-0.15, -0.1) is 0 Å². The highest BCUT2D eigenvalue weighted by Crippen LogP contribution is 2.41. The van der Waals surface area contributed by atoms with E-state index in [4.69, 9.17) is 9.47 Å². The van der Waals surface area contributed by atoms with E-state index in [1.165, 1.54) is 6.07 Å². The van der Waals surface area contributed by atoms with Gasteiger partial charge in [-0.2, -0.15) is 0 Å². The molecule has 0 amide bonds. The molecule has 0 saturated carbocycles. The summed E-state index contributed by atoms with van der Waals surface area (Å²) < 4.78 is 11.0. The second-order valence-corrected chi connectivity index (χ2v) is 4.90. The Labute approximate surface area is 118 Å². The van der Waals surface area contributed by atoms with Gasteiger partial charge in [-0.05, 0) is 26.5 Å². The Morgan fingerprint density at radius 2 is 1.95 bits per heavy atom. The Kier molecular flexibility index (Phi) is 4.44. The number of ether oxygens (including phenoxy) is 2. The Bertz CT molecular complexity index is 504. The molecule has 6 nitrogen and oxygen atoms in total. The first-order valence-electron chi connectivity index (χ1n) is 6.83. The van der Waals surface area contributed by atoms with Gasteiger partial charge in [0.1, 0.15) is 13.2 Å². The molecule has 0 bridgehead atoms. The van der Waals surface area contributed by atoms with E-state index < -0.39 is 0 Å². The highest BCUT2D eigenvalue weighted by Gasteiger charge is 2.28. The van der Waals surface area contributed by atoms with Crippen LogP contribution in [0.1, 0.15) is 31.7 Å². The van der Waals surface area contributed by atoms with Crippen LogP contribution >= 0.6 is 0 Å². The van der Waals surface area contributed by atoms with Gasteiger partial charge in [0, 0.05) is 17.5 Å². The summed E-state index contributed by atoms with van der Waals surface area (Å²) in [5.41, 5.74) is 0.798. The Balaban J connectivity index is 2.51. The van der Waals surface area contributed by atoms with E-state index in [0.29, 0.717) is 30.3 Å². The average Bonchev–Trinajstić information content (AvgIpc) is 2.46. The highest BCUT2D eigenvalue weighted by atomic mass is 16.6. The maximum atomic E-state index is 11.3. The summed E-state index contributed by atoms with van der Waals surface area (Å²) >= 11 is 0. The summed E-state index contributed by atoms with van der Waals surface area (Å²) in [5.74, 6) is 1.11. The zero-order valence-corrected chi connectivity index (χ0v) is 12.0. The molecular formula is C14H20N2O4. The molecule has 0 fully saturated rings. The number of rotatable bonds is 5. The van der Waals surface area contributed by atoms with Crippen molar-refractivity contribution in [1.82, 2.24) is 5.32 Å². The molecule has 0 spiro atoms. The molecule has 2 atom stereocenters. The van der Waals surface area contributed by atoms with Crippen molar-refractivity contribution in [2.75, 3.05) is 20.3 Å². The van der Waals surface area contributed by atoms with E-state index in [1.54, 1.807) is 6.07 Å². The third kappa shape index (κ3) is 2.70. The van der Waals surface area contributed by atoms with Crippen molar-refractivity contribution in [3.8, 4) is 11.5 Å². The maximum Gasteiger partial charge on any atom is 0.276 e. The van der Waals surface area contributed by atoms with Gasteiger partial charge in [0.05, 0.1) is 11.0 Å². The number of nitro groups is 1. The number of nitro benzene ring substituents is 1. The minimum absolute atomic E-state index is 0.0521. The van der Waals surface area contributed by atoms with Crippen LogP contribution in [0.15, 0.2) is 12.1 Å². The molecule has 2 unspecified atom stereocenters. The maximum absolute atomic E-state index is 11.3. The van der Waals surface area contributed by atoms with Crippen molar-refractivity contribution < 1.29 is 14.4 Å². The first-order chi connectivity index (χ1) is 9.58. The lowest BCUT2D eigenvalue weighted by atomic mass is 9.88. The average molecular weight is 280 g/mol. The summed E-state index contributed by atoms with van der Waals surface area (Å²) in [4.78, 5) is 11.0. The molecular weight excluding hydrogens is 260 g/mol. The summed E-state index contributed by atoms with van der Waals surface area (Å²) in [6.07, 6.45) is 0.808. The van der Waals surface area contributed by atoms with E-state index in [9.17, 15) is 10.1 Å². The van der Waals surface area contributed by atoms with E-state index in [1.807, 2.05) is 20.9 Å². The van der Waals surface area contributed by atoms with E-state index >= 15 is 0 Å². The van der Waals surface area contributed by atoms with Gasteiger partial charge in [-0.3, -0.25) is 10.1 Å². The molecule has 1 aliphatic rings. The van der Waals surface area contributed by atoms with Crippen LogP contribution in [0, 0.1) is 10.1 Å². The first kappa shape index (κ1) is 14.6. The molecule has 0 radical (unpaired) electrons. The lowest BCUT2D eigenvalue weighted by Gasteiger charge is -2.25. The molecule has 6 heteroatoms. The number of nitrogens with zero attached hydrogens (tertiary/aromatic N) is 1. The zero-order chi connectivity index (χ0) is 14.7. The fourth-order valence-corrected chi connectivity index (χ4v) is 2.59. The lowest BCUT2D eigenvalue weighted by Crippen LogP contribution is -2.29. The minimum atomic E-state index is -0.349. The molecule has 1 aromatic rings. The van der Waals surface area contributed by atoms with Crippen molar-refractivity contribution in [1.29, 1.82) is 0 Å². The zero-order valence-electron chi connectivity index (χ0n) is 12.0. The molecule has 1 aliphatic heterocycles. The number of likely N-dealkylation sites (N-methyl/N-ethyl adjacent to an activating group) is 1. The second kappa shape index (κ2) is 6.09. The highest BCUT2D eigenvalue weighted by molar-refractivity contribution is 5.56. The number of fused-ring (bicyclic) bond motifs is 1. The number of hydrogen-bond donors (Lipinski definition) is 1. The molecule has 20 heavy (non-hydrogen) atoms. The van der Waals surface area contributed by atoms with E-state index in [0.717, 1.165) is 6.42 Å². The SMILES string of the molecule is CCC(c1cc2c(cc1[N+](=O)[O-])OCCO2)C(C)NC. The number of hydrogen-bond acceptors (Lipinski definition) is 5. The molecule has 1 heterocycles. The standard InChI is InChI=1S/C14H20N2O4/c1-4-10(9(2)15-3)11-7-13-14(20-6-5-19-13)8-12(11)16(17)18/h7-10,15H,4-6H2,1-3H3. The van der Waals surface area contributed by atoms with Crippen LogP contribution in [0.25, 0.3) is 0 Å². The molecule has 0 aliphatic carbocycles. The molecule has 2 rings (SSSR count). The largest absolute Gasteiger partial charge is 0.486 e. The van der Waals surface area contributed by atoms with Gasteiger partial charge in [0.15, 0.2) is 11.5 Å². The van der Waals surface area contributed by atoms with Crippen LogP contribution in [-0.4, -0.2) is 31.2 Å². The Morgan fingerprint density at radius 3 is 2.45 bits per heavy atom. The van der Waals surface area contributed by atoms with Gasteiger partial charge in [-0.1, -0.05) is 6.92 Å². The third-order valence-electron chi connectivity index (χ3n) is 3.79. The number of nitrogens with one attached hydrogen (secondary N) is 1. The summed E-state index contributed by atoms with van der Waals surface area (Å²) in [6, 6.07) is 3.38. The van der Waals surface area contributed by atoms with Crippen LogP contribution in [0.4, 0.5) is 5.69 Å². The van der Waals surface area contributed by atoms with Crippen molar-refractivity contribution in [2.24, 2.45) is 0 Å². The van der Waals surface area contributed by atoms with Gasteiger partial charge in [0.2, 0.25) is 0 Å². The minimum Gasteiger partial charge on any atom is -0.486 e. The van der Waals surface area contributed by atoms with Crippen molar-refractivity contribution in [3.05, 3.63) is 27.8 Å². The van der Waals surface area contributed by atoms with Gasteiger partial charge in [-0.25, -0.2) is 0 Å². The van der Waals surface area contributed by atoms with Crippen LogP contribution in [-0.2, 0) is 0 Å². The predicted octanol–water partition coefficient (Wildman–Crippen LogP) is 2.47. The number of benzene rings is 1. The summed E-state index contributed by atoms with van der Waals surface area (Å²) in [6.45, 7) is 4.95. The quantitative estimate of drug-likeness (QED) is 0.662. The predicted molar refractivity (Wildman–Crippen MR) is 75.6 cm³/mol. The summed E-state index contributed by atoms with van der Waals surface area (Å²) in [5, 5.41) is 14.5. The summed E-state index contributed by atoms with van der Waals surface area (Å²) in [7, 11) is 1.86. The van der Waals surface area contributed by atoms with Crippen LogP contribution in [0.2, 0.25) is 0 Å². The fourth-order valence-electron chi connectivity index (χ4n) is 2.59. The molecule has 110 valence electrons. The van der Waals surface area contributed by atoms with Crippen molar-refractivity contribution >= 4 is 5.69 Å². The van der Waals surface area contributed by atoms with Crippen LogP contribution in [0.5, 0.6) is 11.5 Å². The Hall–Kier alpha value is -1.82. The molecule has 0 aromatic heterocycles. The van der Waals surface area contributed by atoms with E-state index in [2.05, 4.69) is 5.32 Å². The molecule has 1 aromatic carbocycles. The molecule has 0 saturated heterocycles. The lowest BCUT2D eigenvalue weighted by molar-refractivity contribution is -0.385. The third-order valence-corrected chi connectivity index (χ3v) is 3.79. The van der Waals surface area contributed by atoms with Crippen molar-refractivity contribution in [3.63, 3.8) is 0 Å². The smallest absolute Gasteiger partial charge is 0.276 e. The normalized spacial score (nSPS) is 16.6. The topological polar surface area (TPSA) is 73.6 Å². The van der Waals surface area contributed by atoms with Gasteiger partial charge in [0.25, 0.3) is 5.69 Å². The van der Waals surface area contributed by atoms with Gasteiger partial charge < -0.3 is 14.8 Å². The Morgan fingerprint density at radius 1 is 1.35 bits per heavy atom. The van der Waals surface area contributed by atoms with Crippen LogP contribution < -0.4 is 14.8 Å². The molecule has 1 N–H and O–H groups in total. The van der Waals surface area contributed by atoms with Crippen molar-refractivity contribution in [2.45, 2.75) is 32.2 Å². The van der Waals surface area contributed by atoms with Gasteiger partial charge >= 0.3 is 0 Å². The second-order valence-electron chi connectivity index (χ2n) is 4.90. The van der Waals surface area contributed by atoms with E-state index in [-0.39, 0.29) is 22.6 Å². The van der Waals surface area contributed by atoms with Crippen LogP contribution in [0.3, 0.4) is 0 Å². The first-order valence-corrected chi connectivity index (χ1v) is 6.83. The monoisotopic (exact) mass is 280 g/mol.